The molecule has 0 aromatic heterocycles. The van der Waals surface area contributed by atoms with Crippen molar-refractivity contribution >= 4 is 23.5 Å². The lowest BCUT2D eigenvalue weighted by Gasteiger charge is -2.24. The SMILES string of the molecule is CN(CC(=O)OC(C)(C)C)C(=O)C1=NN(C)C(=O)CC1. The van der Waals surface area contributed by atoms with Gasteiger partial charge in [-0.1, -0.05) is 0 Å². The van der Waals surface area contributed by atoms with Crippen LogP contribution in [0.4, 0.5) is 0 Å². The first-order valence-corrected chi connectivity index (χ1v) is 6.41. The molecule has 0 bridgehead atoms. The average Bonchev–Trinajstić information content (AvgIpc) is 2.29. The summed E-state index contributed by atoms with van der Waals surface area (Å²) in [6.07, 6.45) is 0.544. The number of hydrogen-bond acceptors (Lipinski definition) is 5. The Balaban J connectivity index is 2.62. The largest absolute Gasteiger partial charge is 0.459 e. The van der Waals surface area contributed by atoms with Crippen LogP contribution in [-0.2, 0) is 19.1 Å². The maximum Gasteiger partial charge on any atom is 0.326 e. The van der Waals surface area contributed by atoms with Crippen molar-refractivity contribution < 1.29 is 19.1 Å². The van der Waals surface area contributed by atoms with Crippen molar-refractivity contribution in [2.24, 2.45) is 5.10 Å². The fourth-order valence-corrected chi connectivity index (χ4v) is 1.68. The normalized spacial score (nSPS) is 15.8. The highest BCUT2D eigenvalue weighted by Crippen LogP contribution is 2.10. The lowest BCUT2D eigenvalue weighted by atomic mass is 10.1. The first-order chi connectivity index (χ1) is 9.10. The average molecular weight is 283 g/mol. The van der Waals surface area contributed by atoms with Crippen LogP contribution in [-0.4, -0.2) is 59.6 Å². The molecular formula is C13H21N3O4. The van der Waals surface area contributed by atoms with E-state index in [0.717, 1.165) is 5.01 Å². The second kappa shape index (κ2) is 6.02. The number of carbonyl (C=O) groups is 3. The number of amides is 2. The highest BCUT2D eigenvalue weighted by molar-refractivity contribution is 6.39. The number of hydrogen-bond donors (Lipinski definition) is 0. The number of carbonyl (C=O) groups excluding carboxylic acids is 3. The maximum atomic E-state index is 12.1. The summed E-state index contributed by atoms with van der Waals surface area (Å²) in [6.45, 7) is 5.14. The van der Waals surface area contributed by atoms with Gasteiger partial charge in [0.1, 0.15) is 17.9 Å². The number of nitrogens with zero attached hydrogens (tertiary/aromatic N) is 3. The van der Waals surface area contributed by atoms with E-state index in [2.05, 4.69) is 5.10 Å². The molecule has 0 saturated carbocycles. The number of esters is 1. The van der Waals surface area contributed by atoms with Crippen molar-refractivity contribution in [2.45, 2.75) is 39.2 Å². The van der Waals surface area contributed by atoms with Gasteiger partial charge in [0.05, 0.1) is 0 Å². The molecule has 0 atom stereocenters. The van der Waals surface area contributed by atoms with Crippen molar-refractivity contribution in [2.75, 3.05) is 20.6 Å². The fourth-order valence-electron chi connectivity index (χ4n) is 1.68. The van der Waals surface area contributed by atoms with Crippen molar-refractivity contribution in [1.29, 1.82) is 0 Å². The van der Waals surface area contributed by atoms with E-state index in [1.807, 2.05) is 0 Å². The zero-order valence-corrected chi connectivity index (χ0v) is 12.6. The van der Waals surface area contributed by atoms with Crippen LogP contribution in [0.15, 0.2) is 5.10 Å². The molecule has 1 heterocycles. The molecule has 0 aliphatic carbocycles. The summed E-state index contributed by atoms with van der Waals surface area (Å²) >= 11 is 0. The summed E-state index contributed by atoms with van der Waals surface area (Å²) < 4.78 is 5.15. The van der Waals surface area contributed by atoms with Gasteiger partial charge in [0.2, 0.25) is 5.91 Å². The molecule has 0 N–H and O–H groups in total. The minimum absolute atomic E-state index is 0.128. The zero-order valence-electron chi connectivity index (χ0n) is 12.6. The molecule has 7 nitrogen and oxygen atoms in total. The molecular weight excluding hydrogens is 262 g/mol. The van der Waals surface area contributed by atoms with E-state index in [1.165, 1.54) is 19.0 Å². The molecule has 0 unspecified atom stereocenters. The van der Waals surface area contributed by atoms with Gasteiger partial charge in [-0.05, 0) is 20.8 Å². The zero-order chi connectivity index (χ0) is 15.5. The third kappa shape index (κ3) is 4.64. The van der Waals surface area contributed by atoms with E-state index in [-0.39, 0.29) is 30.5 Å². The van der Waals surface area contributed by atoms with E-state index < -0.39 is 11.6 Å². The highest BCUT2D eigenvalue weighted by atomic mass is 16.6. The van der Waals surface area contributed by atoms with Gasteiger partial charge in [-0.15, -0.1) is 0 Å². The van der Waals surface area contributed by atoms with Crippen LogP contribution in [0, 0.1) is 0 Å². The van der Waals surface area contributed by atoms with Crippen LogP contribution in [0.1, 0.15) is 33.6 Å². The summed E-state index contributed by atoms with van der Waals surface area (Å²) in [5.41, 5.74) is -0.311. The van der Waals surface area contributed by atoms with Gasteiger partial charge < -0.3 is 9.64 Å². The summed E-state index contributed by atoms with van der Waals surface area (Å²) in [5.74, 6) is -0.972. The summed E-state index contributed by atoms with van der Waals surface area (Å²) in [6, 6.07) is 0. The fraction of sp³-hybridized carbons (Fsp3) is 0.692. The Hall–Kier alpha value is -1.92. The molecule has 0 saturated heterocycles. The minimum atomic E-state index is -0.587. The Morgan fingerprint density at radius 3 is 2.45 bits per heavy atom. The summed E-state index contributed by atoms with van der Waals surface area (Å²) in [4.78, 5) is 36.3. The molecule has 0 fully saturated rings. The molecule has 0 radical (unpaired) electrons. The van der Waals surface area contributed by atoms with Crippen LogP contribution in [0.2, 0.25) is 0 Å². The molecule has 2 amide bonds. The predicted octanol–water partition coefficient (Wildman–Crippen LogP) is 0.395. The van der Waals surface area contributed by atoms with Crippen molar-refractivity contribution in [3.05, 3.63) is 0 Å². The van der Waals surface area contributed by atoms with Gasteiger partial charge in [-0.25, -0.2) is 5.01 Å². The molecule has 7 heteroatoms. The molecule has 112 valence electrons. The number of hydrazone groups is 1. The van der Waals surface area contributed by atoms with Gasteiger partial charge in [-0.3, -0.25) is 14.4 Å². The lowest BCUT2D eigenvalue weighted by Crippen LogP contribution is -2.42. The van der Waals surface area contributed by atoms with Crippen LogP contribution in [0.5, 0.6) is 0 Å². The van der Waals surface area contributed by atoms with Gasteiger partial charge in [-0.2, -0.15) is 5.10 Å². The van der Waals surface area contributed by atoms with Gasteiger partial charge >= 0.3 is 5.97 Å². The third-order valence-electron chi connectivity index (χ3n) is 2.59. The van der Waals surface area contributed by atoms with E-state index in [4.69, 9.17) is 4.74 Å². The number of rotatable bonds is 3. The van der Waals surface area contributed by atoms with Crippen molar-refractivity contribution in [3.63, 3.8) is 0 Å². The van der Waals surface area contributed by atoms with Crippen LogP contribution >= 0.6 is 0 Å². The highest BCUT2D eigenvalue weighted by Gasteiger charge is 2.26. The Morgan fingerprint density at radius 2 is 1.95 bits per heavy atom. The number of ether oxygens (including phenoxy) is 1. The van der Waals surface area contributed by atoms with E-state index in [9.17, 15) is 14.4 Å². The maximum absolute atomic E-state index is 12.1. The van der Waals surface area contributed by atoms with Crippen molar-refractivity contribution in [1.82, 2.24) is 9.91 Å². The van der Waals surface area contributed by atoms with Gasteiger partial charge in [0.15, 0.2) is 0 Å². The monoisotopic (exact) mass is 283 g/mol. The van der Waals surface area contributed by atoms with E-state index in [1.54, 1.807) is 20.8 Å². The second-order valence-corrected chi connectivity index (χ2v) is 5.71. The Labute approximate surface area is 118 Å². The molecule has 1 aliphatic heterocycles. The summed E-state index contributed by atoms with van der Waals surface area (Å²) in [7, 11) is 3.01. The molecule has 20 heavy (non-hydrogen) atoms. The molecule has 0 spiro atoms. The predicted molar refractivity (Wildman–Crippen MR) is 72.9 cm³/mol. The lowest BCUT2D eigenvalue weighted by molar-refractivity contribution is -0.157. The Bertz CT molecular complexity index is 451. The summed E-state index contributed by atoms with van der Waals surface area (Å²) in [5, 5.41) is 5.07. The van der Waals surface area contributed by atoms with Crippen LogP contribution < -0.4 is 0 Å². The van der Waals surface area contributed by atoms with E-state index in [0.29, 0.717) is 6.42 Å². The smallest absolute Gasteiger partial charge is 0.326 e. The van der Waals surface area contributed by atoms with Gasteiger partial charge in [0, 0.05) is 26.9 Å². The second-order valence-electron chi connectivity index (χ2n) is 5.71. The third-order valence-corrected chi connectivity index (χ3v) is 2.59. The van der Waals surface area contributed by atoms with Crippen molar-refractivity contribution in [3.8, 4) is 0 Å². The van der Waals surface area contributed by atoms with Crippen LogP contribution in [0.25, 0.3) is 0 Å². The molecule has 1 rings (SSSR count). The topological polar surface area (TPSA) is 79.3 Å². The Morgan fingerprint density at radius 1 is 1.35 bits per heavy atom. The molecule has 0 aromatic carbocycles. The molecule has 1 aliphatic rings. The minimum Gasteiger partial charge on any atom is -0.459 e. The first kappa shape index (κ1) is 16.1. The Kier molecular flexibility index (Phi) is 4.86. The van der Waals surface area contributed by atoms with Gasteiger partial charge in [0.25, 0.3) is 5.91 Å². The van der Waals surface area contributed by atoms with E-state index >= 15 is 0 Å². The first-order valence-electron chi connectivity index (χ1n) is 6.41. The quantitative estimate of drug-likeness (QED) is 0.702. The standard InChI is InChI=1S/C13H21N3O4/c1-13(2,3)20-11(18)8-15(4)12(19)9-6-7-10(17)16(5)14-9/h6-8H2,1-5H3. The van der Waals surface area contributed by atoms with Crippen LogP contribution in [0.3, 0.4) is 0 Å². The molecule has 0 aromatic rings. The number of likely N-dealkylation sites (N-methyl/N-ethyl adjacent to an activating group) is 1.